The van der Waals surface area contributed by atoms with Crippen LogP contribution in [0.2, 0.25) is 0 Å². The van der Waals surface area contributed by atoms with E-state index in [1.807, 2.05) is 31.2 Å². The van der Waals surface area contributed by atoms with Crippen LogP contribution in [0, 0.1) is 17.0 Å². The predicted octanol–water partition coefficient (Wildman–Crippen LogP) is 5.73. The molecule has 0 N–H and O–H groups in total. The molecule has 0 radical (unpaired) electrons. The maximum Gasteiger partial charge on any atom is 0.280 e. The molecular formula is C22H16BrN3O4. The van der Waals surface area contributed by atoms with E-state index in [0.717, 1.165) is 5.56 Å². The van der Waals surface area contributed by atoms with Crippen LogP contribution in [0.4, 0.5) is 11.4 Å². The number of carbonyl (C=O) groups is 1. The Morgan fingerprint density at radius 1 is 1.10 bits per heavy atom. The second-order valence-corrected chi connectivity index (χ2v) is 7.67. The van der Waals surface area contributed by atoms with Gasteiger partial charge < -0.3 is 4.42 Å². The van der Waals surface area contributed by atoms with Gasteiger partial charge in [-0.05, 0) is 66.2 Å². The number of furan rings is 1. The standard InChI is InChI=1S/C22H16BrN3O4/c1-13-3-5-15(6-4-13)25-22(27)19(14(2)24-25)12-17-8-10-21(30-17)18-9-7-16(26(28)29)11-20(18)23/h3-12H,1-2H3. The van der Waals surface area contributed by atoms with Crippen molar-refractivity contribution in [1.29, 1.82) is 0 Å². The summed E-state index contributed by atoms with van der Waals surface area (Å²) in [5, 5.41) is 16.7. The summed E-state index contributed by atoms with van der Waals surface area (Å²) in [5.74, 6) is 0.781. The quantitative estimate of drug-likeness (QED) is 0.279. The first kappa shape index (κ1) is 19.8. The Bertz CT molecular complexity index is 1230. The average Bonchev–Trinajstić information content (AvgIpc) is 3.28. The van der Waals surface area contributed by atoms with Gasteiger partial charge in [-0.3, -0.25) is 14.9 Å². The van der Waals surface area contributed by atoms with E-state index in [1.54, 1.807) is 31.2 Å². The molecule has 1 aromatic heterocycles. The molecule has 2 heterocycles. The fourth-order valence-electron chi connectivity index (χ4n) is 3.08. The molecule has 4 rings (SSSR count). The number of nitrogens with zero attached hydrogens (tertiary/aromatic N) is 3. The van der Waals surface area contributed by atoms with Crippen LogP contribution >= 0.6 is 15.9 Å². The number of nitro benzene ring substituents is 1. The first-order chi connectivity index (χ1) is 14.3. The summed E-state index contributed by atoms with van der Waals surface area (Å²) in [4.78, 5) is 23.3. The van der Waals surface area contributed by atoms with Gasteiger partial charge in [0.05, 0.1) is 21.9 Å². The molecule has 0 aliphatic carbocycles. The molecule has 0 saturated heterocycles. The minimum absolute atomic E-state index is 0.0147. The molecule has 1 aliphatic heterocycles. The maximum absolute atomic E-state index is 12.9. The summed E-state index contributed by atoms with van der Waals surface area (Å²) in [5.41, 5.74) is 3.49. The highest BCUT2D eigenvalue weighted by atomic mass is 79.9. The zero-order valence-electron chi connectivity index (χ0n) is 16.1. The van der Waals surface area contributed by atoms with Crippen molar-refractivity contribution in [3.63, 3.8) is 0 Å². The number of hydrazone groups is 1. The predicted molar refractivity (Wildman–Crippen MR) is 118 cm³/mol. The molecule has 0 fully saturated rings. The molecule has 0 unspecified atom stereocenters. The van der Waals surface area contributed by atoms with Gasteiger partial charge in [0.2, 0.25) is 0 Å². The highest BCUT2D eigenvalue weighted by Gasteiger charge is 2.29. The van der Waals surface area contributed by atoms with Crippen LogP contribution in [0.3, 0.4) is 0 Å². The molecular weight excluding hydrogens is 450 g/mol. The van der Waals surface area contributed by atoms with Gasteiger partial charge in [-0.2, -0.15) is 10.1 Å². The zero-order chi connectivity index (χ0) is 21.4. The first-order valence-electron chi connectivity index (χ1n) is 9.06. The lowest BCUT2D eigenvalue weighted by molar-refractivity contribution is -0.384. The van der Waals surface area contributed by atoms with Gasteiger partial charge in [0.15, 0.2) is 0 Å². The molecule has 0 spiro atoms. The number of non-ortho nitro benzene ring substituents is 1. The number of benzene rings is 2. The molecule has 7 nitrogen and oxygen atoms in total. The van der Waals surface area contributed by atoms with Crippen molar-refractivity contribution in [2.75, 3.05) is 5.01 Å². The van der Waals surface area contributed by atoms with Gasteiger partial charge in [-0.15, -0.1) is 0 Å². The summed E-state index contributed by atoms with van der Waals surface area (Å²) in [7, 11) is 0. The third-order valence-electron chi connectivity index (χ3n) is 4.68. The van der Waals surface area contributed by atoms with E-state index in [0.29, 0.717) is 38.5 Å². The van der Waals surface area contributed by atoms with Crippen LogP contribution in [-0.2, 0) is 4.79 Å². The zero-order valence-corrected chi connectivity index (χ0v) is 17.7. The van der Waals surface area contributed by atoms with Crippen molar-refractivity contribution in [2.24, 2.45) is 5.10 Å². The van der Waals surface area contributed by atoms with Crippen molar-refractivity contribution in [2.45, 2.75) is 13.8 Å². The van der Waals surface area contributed by atoms with E-state index in [4.69, 9.17) is 4.42 Å². The van der Waals surface area contributed by atoms with Crippen LogP contribution in [0.1, 0.15) is 18.2 Å². The molecule has 1 aliphatic rings. The molecule has 0 atom stereocenters. The summed E-state index contributed by atoms with van der Waals surface area (Å²) in [6.07, 6.45) is 1.65. The molecule has 1 amide bonds. The van der Waals surface area contributed by atoms with Gasteiger partial charge in [0.1, 0.15) is 11.5 Å². The van der Waals surface area contributed by atoms with Crippen LogP contribution in [-0.4, -0.2) is 16.5 Å². The number of halogens is 1. The minimum atomic E-state index is -0.458. The van der Waals surface area contributed by atoms with Crippen LogP contribution in [0.25, 0.3) is 17.4 Å². The van der Waals surface area contributed by atoms with Crippen molar-refractivity contribution < 1.29 is 14.1 Å². The highest BCUT2D eigenvalue weighted by molar-refractivity contribution is 9.10. The van der Waals surface area contributed by atoms with E-state index in [-0.39, 0.29) is 11.6 Å². The highest BCUT2D eigenvalue weighted by Crippen LogP contribution is 2.33. The van der Waals surface area contributed by atoms with E-state index >= 15 is 0 Å². The Hall–Kier alpha value is -3.52. The topological polar surface area (TPSA) is 89.0 Å². The van der Waals surface area contributed by atoms with Gasteiger partial charge >= 0.3 is 0 Å². The van der Waals surface area contributed by atoms with E-state index < -0.39 is 4.92 Å². The monoisotopic (exact) mass is 465 g/mol. The van der Waals surface area contributed by atoms with E-state index in [9.17, 15) is 14.9 Å². The average molecular weight is 466 g/mol. The van der Waals surface area contributed by atoms with Crippen LogP contribution in [0.5, 0.6) is 0 Å². The van der Waals surface area contributed by atoms with Crippen molar-refractivity contribution >= 4 is 45.0 Å². The molecule has 30 heavy (non-hydrogen) atoms. The Balaban J connectivity index is 1.61. The summed E-state index contributed by atoms with van der Waals surface area (Å²) >= 11 is 3.35. The Kier molecular flexibility index (Phi) is 5.09. The van der Waals surface area contributed by atoms with Crippen LogP contribution in [0.15, 0.2) is 74.2 Å². The smallest absolute Gasteiger partial charge is 0.280 e. The van der Waals surface area contributed by atoms with Gasteiger partial charge in [-0.25, -0.2) is 0 Å². The Morgan fingerprint density at radius 2 is 1.83 bits per heavy atom. The number of hydrogen-bond acceptors (Lipinski definition) is 5. The Morgan fingerprint density at radius 3 is 2.50 bits per heavy atom. The van der Waals surface area contributed by atoms with Gasteiger partial charge in [0.25, 0.3) is 11.6 Å². The number of aryl methyl sites for hydroxylation is 1. The number of anilines is 1. The van der Waals surface area contributed by atoms with E-state index in [2.05, 4.69) is 21.0 Å². The summed E-state index contributed by atoms with van der Waals surface area (Å²) < 4.78 is 6.41. The van der Waals surface area contributed by atoms with E-state index in [1.165, 1.54) is 17.1 Å². The van der Waals surface area contributed by atoms with Gasteiger partial charge in [0, 0.05) is 22.2 Å². The number of nitro groups is 1. The fraction of sp³-hybridized carbons (Fsp3) is 0.0909. The van der Waals surface area contributed by atoms with Crippen molar-refractivity contribution in [3.8, 4) is 11.3 Å². The molecule has 8 heteroatoms. The third-order valence-corrected chi connectivity index (χ3v) is 5.34. The minimum Gasteiger partial charge on any atom is -0.457 e. The van der Waals surface area contributed by atoms with Crippen molar-refractivity contribution in [3.05, 3.63) is 86.1 Å². The molecule has 2 aromatic carbocycles. The van der Waals surface area contributed by atoms with Gasteiger partial charge in [-0.1, -0.05) is 17.7 Å². The normalized spacial score (nSPS) is 15.0. The number of hydrogen-bond donors (Lipinski definition) is 0. The lowest BCUT2D eigenvalue weighted by atomic mass is 10.1. The van der Waals surface area contributed by atoms with Crippen LogP contribution < -0.4 is 5.01 Å². The largest absolute Gasteiger partial charge is 0.457 e. The second-order valence-electron chi connectivity index (χ2n) is 6.82. The molecule has 3 aromatic rings. The lowest BCUT2D eigenvalue weighted by Gasteiger charge is -2.11. The Labute approximate surface area is 180 Å². The summed E-state index contributed by atoms with van der Waals surface area (Å²) in [6, 6.07) is 15.5. The fourth-order valence-corrected chi connectivity index (χ4v) is 3.64. The van der Waals surface area contributed by atoms with Crippen molar-refractivity contribution in [1.82, 2.24) is 0 Å². The second kappa shape index (κ2) is 7.72. The third kappa shape index (κ3) is 3.69. The SMILES string of the molecule is CC1=NN(c2ccc(C)cc2)C(=O)C1=Cc1ccc(-c2ccc([N+](=O)[O-])cc2Br)o1. The molecule has 150 valence electrons. The molecule has 0 saturated carbocycles. The summed E-state index contributed by atoms with van der Waals surface area (Å²) in [6.45, 7) is 3.75. The number of carbonyl (C=O) groups excluding carboxylic acids is 1. The molecule has 0 bridgehead atoms. The maximum atomic E-state index is 12.9. The number of rotatable bonds is 4. The lowest BCUT2D eigenvalue weighted by Crippen LogP contribution is -2.21. The first-order valence-corrected chi connectivity index (χ1v) is 9.85. The number of amides is 1.